The molecule has 1 aromatic rings. The van der Waals surface area contributed by atoms with Crippen LogP contribution in [0.3, 0.4) is 0 Å². The van der Waals surface area contributed by atoms with E-state index in [1.165, 1.54) is 11.0 Å². The van der Waals surface area contributed by atoms with Crippen LogP contribution in [0, 0.1) is 17.8 Å². The smallest absolute Gasteiger partial charge is 0.413 e. The van der Waals surface area contributed by atoms with Crippen molar-refractivity contribution in [2.24, 2.45) is 23.5 Å². The number of aromatic hydroxyl groups is 1. The molecule has 3 amide bonds. The number of benzene rings is 1. The average molecular weight is 770 g/mol. The maximum atomic E-state index is 14.3. The molecule has 0 saturated heterocycles. The number of likely N-dealkylation sites (N-methyl/N-ethyl adjacent to an activating group) is 1. The summed E-state index contributed by atoms with van der Waals surface area (Å²) in [5.74, 6) is -9.32. The highest BCUT2D eigenvalue weighted by atomic mass is 16.7. The van der Waals surface area contributed by atoms with Crippen molar-refractivity contribution in [2.75, 3.05) is 58.3 Å². The number of carbonyl (C=O) groups excluding carboxylic acids is 6. The molecule has 0 spiro atoms. The van der Waals surface area contributed by atoms with Gasteiger partial charge in [0.2, 0.25) is 18.5 Å². The Morgan fingerprint density at radius 1 is 1.02 bits per heavy atom. The minimum Gasteiger partial charge on any atom is -0.510 e. The molecule has 4 atom stereocenters. The Labute approximate surface area is 318 Å². The lowest BCUT2D eigenvalue weighted by Crippen LogP contribution is -2.63. The summed E-state index contributed by atoms with van der Waals surface area (Å²) < 4.78 is 10.4. The van der Waals surface area contributed by atoms with Gasteiger partial charge in [-0.15, -0.1) is 0 Å². The van der Waals surface area contributed by atoms with E-state index >= 15 is 0 Å². The second-order valence-corrected chi connectivity index (χ2v) is 15.2. The van der Waals surface area contributed by atoms with Crippen molar-refractivity contribution in [2.45, 2.75) is 76.4 Å². The molecule has 0 aliphatic heterocycles. The number of rotatable bonds is 12. The first-order valence-corrected chi connectivity index (χ1v) is 18.5. The Morgan fingerprint density at radius 2 is 1.69 bits per heavy atom. The maximum absolute atomic E-state index is 14.3. The number of esters is 1. The number of aliphatic hydroxyl groups excluding tert-OH is 2. The van der Waals surface area contributed by atoms with Gasteiger partial charge < -0.3 is 45.9 Å². The number of anilines is 2. The molecule has 1 aromatic carbocycles. The van der Waals surface area contributed by atoms with E-state index in [0.717, 1.165) is 24.2 Å². The molecule has 17 nitrogen and oxygen atoms in total. The van der Waals surface area contributed by atoms with Crippen LogP contribution in [0.2, 0.25) is 0 Å². The van der Waals surface area contributed by atoms with Crippen molar-refractivity contribution in [3.63, 3.8) is 0 Å². The van der Waals surface area contributed by atoms with Crippen molar-refractivity contribution >= 4 is 46.8 Å². The molecule has 17 heteroatoms. The van der Waals surface area contributed by atoms with Gasteiger partial charge in [0.25, 0.3) is 5.91 Å². The Hall–Kier alpha value is -5.16. The average Bonchev–Trinajstić information content (AvgIpc) is 3.12. The molecule has 0 aromatic heterocycles. The molecule has 5 rings (SSSR count). The minimum absolute atomic E-state index is 0.0474. The fourth-order valence-electron chi connectivity index (χ4n) is 8.43. The maximum Gasteiger partial charge on any atom is 0.413 e. The van der Waals surface area contributed by atoms with Gasteiger partial charge in [-0.05, 0) is 63.7 Å². The van der Waals surface area contributed by atoms with Gasteiger partial charge in [0.05, 0.1) is 23.2 Å². The number of ketones is 2. The van der Waals surface area contributed by atoms with Crippen molar-refractivity contribution in [3.05, 3.63) is 39.9 Å². The van der Waals surface area contributed by atoms with Gasteiger partial charge in [-0.1, -0.05) is 32.6 Å². The molecule has 0 radical (unpaired) electrons. The molecule has 1 fully saturated rings. The topological polar surface area (TPSA) is 250 Å². The Kier molecular flexibility index (Phi) is 12.1. The van der Waals surface area contributed by atoms with Crippen LogP contribution in [-0.4, -0.2) is 125 Å². The van der Waals surface area contributed by atoms with E-state index in [0.29, 0.717) is 36.9 Å². The molecule has 55 heavy (non-hydrogen) atoms. The fourth-order valence-corrected chi connectivity index (χ4v) is 8.43. The van der Waals surface area contributed by atoms with Gasteiger partial charge in [-0.3, -0.25) is 33.8 Å². The number of primary amides is 1. The second-order valence-electron chi connectivity index (χ2n) is 15.2. The Balaban J connectivity index is 1.42. The van der Waals surface area contributed by atoms with E-state index in [9.17, 15) is 49.2 Å². The van der Waals surface area contributed by atoms with Crippen LogP contribution in [0.1, 0.15) is 74.2 Å². The number of phenolic OH excluding ortho intramolecular Hbond substituents is 1. The van der Waals surface area contributed by atoms with Gasteiger partial charge >= 0.3 is 12.1 Å². The number of hydrogen-bond donors (Lipinski definition) is 6. The number of ether oxygens (including phenoxy) is 2. The van der Waals surface area contributed by atoms with E-state index < -0.39 is 95.1 Å². The van der Waals surface area contributed by atoms with Crippen LogP contribution < -0.4 is 16.0 Å². The summed E-state index contributed by atoms with van der Waals surface area (Å²) in [6.45, 7) is 0.900. The fraction of sp³-hybridized carbons (Fsp3) is 0.579. The van der Waals surface area contributed by atoms with E-state index in [4.69, 9.17) is 15.2 Å². The normalized spacial score (nSPS) is 23.8. The van der Waals surface area contributed by atoms with E-state index in [1.54, 1.807) is 33.1 Å². The second kappa shape index (κ2) is 16.3. The SMILES string of the molecule is CCCCN(CC(=O)Nc1cc(N(C)C)c2c(c1O)C(=O)C1=C(O)[C@]3(O)C(=O)C(C(N)=O)=C(O)[C@@H](N(C)C)C3CC1C2)C(=O)OCOC(=O)C1CCCCC1. The number of fused-ring (bicyclic) bond motifs is 3. The van der Waals surface area contributed by atoms with Gasteiger partial charge in [-0.2, -0.15) is 0 Å². The molecule has 7 N–H and O–H groups in total. The minimum atomic E-state index is -2.80. The highest BCUT2D eigenvalue weighted by Gasteiger charge is 2.63. The van der Waals surface area contributed by atoms with Crippen molar-refractivity contribution < 1.29 is 58.7 Å². The van der Waals surface area contributed by atoms with Gasteiger partial charge in [-0.25, -0.2) is 4.79 Å². The number of amides is 3. The molecular formula is C38H51N5O12. The predicted octanol–water partition coefficient (Wildman–Crippen LogP) is 2.44. The molecule has 4 aliphatic rings. The number of allylic oxidation sites excluding steroid dienone is 1. The summed E-state index contributed by atoms with van der Waals surface area (Å²) in [5, 5.41) is 48.7. The number of nitrogens with two attached hydrogens (primary N) is 1. The highest BCUT2D eigenvalue weighted by molar-refractivity contribution is 6.25. The third kappa shape index (κ3) is 7.59. The summed E-state index contributed by atoms with van der Waals surface area (Å²) in [4.78, 5) is 83.4. The number of nitrogens with one attached hydrogen (secondary N) is 1. The first kappa shape index (κ1) is 41.0. The van der Waals surface area contributed by atoms with E-state index in [1.807, 2.05) is 6.92 Å². The summed E-state index contributed by atoms with van der Waals surface area (Å²) in [5.41, 5.74) is 1.68. The number of Topliss-reactive ketones (excluding diaryl/α,β-unsaturated/α-hetero) is 2. The molecular weight excluding hydrogens is 718 g/mol. The van der Waals surface area contributed by atoms with E-state index in [-0.39, 0.29) is 42.1 Å². The third-order valence-corrected chi connectivity index (χ3v) is 11.2. The molecule has 300 valence electrons. The predicted molar refractivity (Wildman–Crippen MR) is 197 cm³/mol. The molecule has 2 unspecified atom stereocenters. The van der Waals surface area contributed by atoms with E-state index in [2.05, 4.69) is 5.32 Å². The lowest BCUT2D eigenvalue weighted by molar-refractivity contribution is -0.158. The Morgan fingerprint density at radius 3 is 2.29 bits per heavy atom. The lowest BCUT2D eigenvalue weighted by Gasteiger charge is -2.50. The standard InChI is InChI=1S/C38H51N5O12/c1-6-7-13-43(37(52)55-18-54-36(51)19-11-9-8-10-12-19)17-25(44)40-23-16-24(41(2)3)21-14-20-15-22-29(42(4)5)32(47)28(35(39)50)34(49)38(22,53)33(48)26(20)31(46)27(21)30(23)45/h16,19-20,22,29,45,47-48,53H,6-15,17-18H2,1-5H3,(H2,39,50)(H,40,44)/t20?,22?,29-,38-/m0/s1. The van der Waals surface area contributed by atoms with Crippen LogP contribution in [-0.2, 0) is 35.1 Å². The van der Waals surface area contributed by atoms with Crippen LogP contribution >= 0.6 is 0 Å². The van der Waals surface area contributed by atoms with Gasteiger partial charge in [0.15, 0.2) is 17.1 Å². The largest absolute Gasteiger partial charge is 0.510 e. The molecule has 4 aliphatic carbocycles. The summed E-state index contributed by atoms with van der Waals surface area (Å²) in [6.07, 6.45) is 4.62. The van der Waals surface area contributed by atoms with Gasteiger partial charge in [0.1, 0.15) is 23.6 Å². The molecule has 1 saturated carbocycles. The van der Waals surface area contributed by atoms with Crippen LogP contribution in [0.5, 0.6) is 5.75 Å². The number of carbonyl (C=O) groups is 6. The summed E-state index contributed by atoms with van der Waals surface area (Å²) in [7, 11) is 6.47. The summed E-state index contributed by atoms with van der Waals surface area (Å²) >= 11 is 0. The van der Waals surface area contributed by atoms with Crippen molar-refractivity contribution in [3.8, 4) is 5.75 Å². The number of nitrogens with zero attached hydrogens (tertiary/aromatic N) is 3. The first-order valence-electron chi connectivity index (χ1n) is 18.5. The van der Waals surface area contributed by atoms with Gasteiger partial charge in [0, 0.05) is 37.8 Å². The lowest BCUT2D eigenvalue weighted by atomic mass is 9.58. The number of aliphatic hydroxyl groups is 3. The number of phenols is 1. The quantitative estimate of drug-likeness (QED) is 0.0774. The third-order valence-electron chi connectivity index (χ3n) is 11.2. The van der Waals surface area contributed by atoms with Crippen LogP contribution in [0.4, 0.5) is 16.2 Å². The number of unbranched alkanes of at least 4 members (excludes halogenated alkanes) is 1. The first-order chi connectivity index (χ1) is 25.9. The molecule has 0 heterocycles. The Bertz CT molecular complexity index is 1830. The number of hydrogen-bond acceptors (Lipinski definition) is 14. The highest BCUT2D eigenvalue weighted by Crippen LogP contribution is 2.54. The van der Waals surface area contributed by atoms with Crippen molar-refractivity contribution in [1.29, 1.82) is 0 Å². The zero-order valence-corrected chi connectivity index (χ0v) is 31.8. The van der Waals surface area contributed by atoms with Crippen LogP contribution in [0.25, 0.3) is 0 Å². The van der Waals surface area contributed by atoms with Crippen LogP contribution in [0.15, 0.2) is 28.7 Å². The molecule has 0 bridgehead atoms. The summed E-state index contributed by atoms with van der Waals surface area (Å²) in [6, 6.07) is 0.336. The monoisotopic (exact) mass is 769 g/mol. The van der Waals surface area contributed by atoms with Crippen molar-refractivity contribution in [1.82, 2.24) is 9.80 Å². The zero-order valence-electron chi connectivity index (χ0n) is 31.8. The zero-order chi connectivity index (χ0) is 40.5.